The number of carbonyl (C=O) groups excluding carboxylic acids is 3. The van der Waals surface area contributed by atoms with Crippen LogP contribution < -0.4 is 4.74 Å². The van der Waals surface area contributed by atoms with Crippen molar-refractivity contribution in [1.29, 1.82) is 0 Å². The lowest BCUT2D eigenvalue weighted by Gasteiger charge is -2.18. The zero-order valence-electron chi connectivity index (χ0n) is 16.8. The third-order valence-electron chi connectivity index (χ3n) is 3.74. The summed E-state index contributed by atoms with van der Waals surface area (Å²) in [6.07, 6.45) is 2.30. The first-order chi connectivity index (χ1) is 12.8. The van der Waals surface area contributed by atoms with E-state index in [2.05, 4.69) is 0 Å². The molecular formula is C20H29NO5S. The van der Waals surface area contributed by atoms with Gasteiger partial charge in [-0.25, -0.2) is 0 Å². The summed E-state index contributed by atoms with van der Waals surface area (Å²) >= 11 is 1.13. The average molecular weight is 396 g/mol. The van der Waals surface area contributed by atoms with Gasteiger partial charge in [0.2, 0.25) is 0 Å². The second-order valence-electron chi connectivity index (χ2n) is 6.24. The molecule has 0 spiro atoms. The van der Waals surface area contributed by atoms with E-state index in [9.17, 15) is 14.4 Å². The highest BCUT2D eigenvalue weighted by Crippen LogP contribution is 2.36. The van der Waals surface area contributed by atoms with Crippen LogP contribution in [0.1, 0.15) is 56.0 Å². The molecule has 0 saturated heterocycles. The van der Waals surface area contributed by atoms with E-state index in [4.69, 9.17) is 9.47 Å². The molecule has 27 heavy (non-hydrogen) atoms. The van der Waals surface area contributed by atoms with Gasteiger partial charge in [-0.15, -0.1) is 0 Å². The van der Waals surface area contributed by atoms with Crippen molar-refractivity contribution in [3.63, 3.8) is 0 Å². The first-order valence-corrected chi connectivity index (χ1v) is 9.97. The maximum Gasteiger partial charge on any atom is 0.305 e. The lowest BCUT2D eigenvalue weighted by atomic mass is 10.0. The summed E-state index contributed by atoms with van der Waals surface area (Å²) in [5.41, 5.74) is 1.36. The molecule has 1 aromatic rings. The summed E-state index contributed by atoms with van der Waals surface area (Å²) in [6, 6.07) is 3.51. The third kappa shape index (κ3) is 7.25. The van der Waals surface area contributed by atoms with E-state index < -0.39 is 0 Å². The van der Waals surface area contributed by atoms with Crippen LogP contribution in [0.2, 0.25) is 0 Å². The van der Waals surface area contributed by atoms with Crippen LogP contribution in [-0.4, -0.2) is 49.2 Å². The lowest BCUT2D eigenvalue weighted by molar-refractivity contribution is -0.143. The molecule has 6 nitrogen and oxygen atoms in total. The minimum absolute atomic E-state index is 0.0869. The number of hydrogen-bond acceptors (Lipinski definition) is 6. The van der Waals surface area contributed by atoms with Gasteiger partial charge in [-0.2, -0.15) is 0 Å². The number of hydrogen-bond donors (Lipinski definition) is 0. The fourth-order valence-electron chi connectivity index (χ4n) is 2.44. The van der Waals surface area contributed by atoms with Gasteiger partial charge in [0.25, 0.3) is 5.24 Å². The Balaban J connectivity index is 3.06. The molecule has 0 unspecified atom stereocenters. The van der Waals surface area contributed by atoms with Crippen molar-refractivity contribution in [2.45, 2.75) is 51.3 Å². The molecule has 0 aliphatic carbocycles. The zero-order chi connectivity index (χ0) is 20.4. The van der Waals surface area contributed by atoms with E-state index in [1.54, 1.807) is 33.2 Å². The number of thioether (sulfide) groups is 1. The molecule has 1 rings (SSSR count). The van der Waals surface area contributed by atoms with Crippen molar-refractivity contribution in [2.75, 3.05) is 27.3 Å². The molecule has 0 saturated carbocycles. The van der Waals surface area contributed by atoms with Gasteiger partial charge in [-0.05, 0) is 50.6 Å². The molecule has 1 amide bonds. The van der Waals surface area contributed by atoms with Crippen molar-refractivity contribution in [3.05, 3.63) is 23.3 Å². The molecule has 150 valence electrons. The summed E-state index contributed by atoms with van der Waals surface area (Å²) in [4.78, 5) is 37.9. The molecule has 0 bridgehead atoms. The number of rotatable bonds is 10. The van der Waals surface area contributed by atoms with Gasteiger partial charge in [-0.1, -0.05) is 13.3 Å². The Kier molecular flexibility index (Phi) is 9.93. The monoisotopic (exact) mass is 395 g/mol. The van der Waals surface area contributed by atoms with E-state index in [0.717, 1.165) is 28.6 Å². The maximum absolute atomic E-state index is 12.1. The SMILES string of the molecule is CCCc1c(SC(=O)N(C)C)ccc(C(C)=O)c1OCCCC(=O)OCC. The minimum atomic E-state index is -0.262. The number of amides is 1. The minimum Gasteiger partial charge on any atom is -0.492 e. The lowest BCUT2D eigenvalue weighted by Crippen LogP contribution is -2.16. The van der Waals surface area contributed by atoms with Crippen molar-refractivity contribution in [3.8, 4) is 5.75 Å². The van der Waals surface area contributed by atoms with E-state index in [1.165, 1.54) is 11.8 Å². The normalized spacial score (nSPS) is 10.4. The number of nitrogens with zero attached hydrogens (tertiary/aromatic N) is 1. The van der Waals surface area contributed by atoms with Gasteiger partial charge in [0.05, 0.1) is 18.8 Å². The maximum atomic E-state index is 12.1. The molecule has 0 heterocycles. The Bertz CT molecular complexity index is 673. The standard InChI is InChI=1S/C20H29NO5S/c1-6-9-16-17(27-20(24)21(4)5)12-11-15(14(3)22)19(16)26-13-8-10-18(23)25-7-2/h11-12H,6-10,13H2,1-5H3. The molecule has 0 aliphatic rings. The van der Waals surface area contributed by atoms with Crippen molar-refractivity contribution < 1.29 is 23.9 Å². The molecule has 0 N–H and O–H groups in total. The molecule has 0 fully saturated rings. The molecule has 0 radical (unpaired) electrons. The molecule has 0 atom stereocenters. The highest BCUT2D eigenvalue weighted by Gasteiger charge is 2.20. The Morgan fingerprint density at radius 2 is 1.85 bits per heavy atom. The van der Waals surface area contributed by atoms with Crippen molar-refractivity contribution >= 4 is 28.8 Å². The smallest absolute Gasteiger partial charge is 0.305 e. The fraction of sp³-hybridized carbons (Fsp3) is 0.550. The highest BCUT2D eigenvalue weighted by atomic mass is 32.2. The van der Waals surface area contributed by atoms with Crippen LogP contribution in [0.15, 0.2) is 17.0 Å². The first kappa shape index (κ1) is 23.0. The van der Waals surface area contributed by atoms with Gasteiger partial charge < -0.3 is 14.4 Å². The van der Waals surface area contributed by atoms with Crippen LogP contribution in [0, 0.1) is 0 Å². The number of esters is 1. The van der Waals surface area contributed by atoms with Crippen LogP contribution in [0.5, 0.6) is 5.75 Å². The average Bonchev–Trinajstić information content (AvgIpc) is 2.60. The van der Waals surface area contributed by atoms with Gasteiger partial charge in [0, 0.05) is 31.0 Å². The Labute approximate surface area is 165 Å². The highest BCUT2D eigenvalue weighted by molar-refractivity contribution is 8.13. The van der Waals surface area contributed by atoms with Crippen LogP contribution in [0.4, 0.5) is 4.79 Å². The van der Waals surface area contributed by atoms with Gasteiger partial charge in [0.15, 0.2) is 5.78 Å². The van der Waals surface area contributed by atoms with E-state index in [-0.39, 0.29) is 23.4 Å². The number of ether oxygens (including phenoxy) is 2. The first-order valence-electron chi connectivity index (χ1n) is 9.16. The van der Waals surface area contributed by atoms with Gasteiger partial charge >= 0.3 is 5.97 Å². The zero-order valence-corrected chi connectivity index (χ0v) is 17.6. The molecule has 0 aliphatic heterocycles. The van der Waals surface area contributed by atoms with Crippen LogP contribution in [0.3, 0.4) is 0 Å². The second kappa shape index (κ2) is 11.6. The summed E-state index contributed by atoms with van der Waals surface area (Å²) in [6.45, 7) is 5.95. The van der Waals surface area contributed by atoms with Crippen LogP contribution >= 0.6 is 11.8 Å². The number of ketones is 1. The molecule has 1 aromatic carbocycles. The van der Waals surface area contributed by atoms with Crippen molar-refractivity contribution in [2.24, 2.45) is 0 Å². The van der Waals surface area contributed by atoms with E-state index in [0.29, 0.717) is 37.4 Å². The van der Waals surface area contributed by atoms with E-state index >= 15 is 0 Å². The molecular weight excluding hydrogens is 366 g/mol. The number of Topliss-reactive ketones (excluding diaryl/α,β-unsaturated/α-hetero) is 1. The third-order valence-corrected chi connectivity index (χ3v) is 4.88. The largest absolute Gasteiger partial charge is 0.492 e. The van der Waals surface area contributed by atoms with Crippen molar-refractivity contribution in [1.82, 2.24) is 4.90 Å². The second-order valence-corrected chi connectivity index (χ2v) is 7.24. The summed E-state index contributed by atoms with van der Waals surface area (Å²) in [7, 11) is 3.40. The fourth-order valence-corrected chi connectivity index (χ4v) is 3.27. The van der Waals surface area contributed by atoms with Gasteiger partial charge in [0.1, 0.15) is 5.75 Å². The summed E-state index contributed by atoms with van der Waals surface area (Å²) in [5.74, 6) is 0.163. The predicted molar refractivity (Wildman–Crippen MR) is 107 cm³/mol. The number of carbonyl (C=O) groups is 3. The van der Waals surface area contributed by atoms with Gasteiger partial charge in [-0.3, -0.25) is 14.4 Å². The molecule has 0 aromatic heterocycles. The Hall–Kier alpha value is -2.02. The molecule has 7 heteroatoms. The Morgan fingerprint density at radius 1 is 1.15 bits per heavy atom. The predicted octanol–water partition coefficient (Wildman–Crippen LogP) is 4.34. The van der Waals surface area contributed by atoms with Crippen LogP contribution in [0.25, 0.3) is 0 Å². The Morgan fingerprint density at radius 3 is 2.41 bits per heavy atom. The van der Waals surface area contributed by atoms with Crippen LogP contribution in [-0.2, 0) is 16.0 Å². The summed E-state index contributed by atoms with van der Waals surface area (Å²) < 4.78 is 10.8. The quantitative estimate of drug-likeness (QED) is 0.254. The number of benzene rings is 1. The summed E-state index contributed by atoms with van der Waals surface area (Å²) in [5, 5.41) is -0.0869. The topological polar surface area (TPSA) is 72.9 Å². The van der Waals surface area contributed by atoms with E-state index in [1.807, 2.05) is 6.92 Å².